The van der Waals surface area contributed by atoms with Crippen LogP contribution in [0, 0.1) is 0 Å². The van der Waals surface area contributed by atoms with E-state index in [-0.39, 0.29) is 5.56 Å². The number of benzene rings is 1. The summed E-state index contributed by atoms with van der Waals surface area (Å²) in [5, 5.41) is 13.4. The molecule has 0 radical (unpaired) electrons. The summed E-state index contributed by atoms with van der Waals surface area (Å²) in [7, 11) is 0. The molecule has 7 N–H and O–H groups in total. The highest BCUT2D eigenvalue weighted by atomic mass is 16.4. The largest absolute Gasteiger partial charge is 0.480 e. The molecule has 0 heterocycles. The summed E-state index contributed by atoms with van der Waals surface area (Å²) in [5.41, 5.74) is 10.4. The third-order valence-corrected chi connectivity index (χ3v) is 2.42. The first-order chi connectivity index (χ1) is 9.79. The number of hydrogen-bond donors (Lipinski definition) is 5. The SMILES string of the molecule is NC(=O)C[C@H](NC(=O)c1ccc(NC(N)=O)cc1)C(=O)O. The van der Waals surface area contributed by atoms with Crippen LogP contribution in [-0.4, -0.2) is 35.0 Å². The number of carboxylic acids is 1. The second-order valence-corrected chi connectivity index (χ2v) is 4.10. The molecule has 0 unspecified atom stereocenters. The molecule has 0 saturated heterocycles. The molecule has 1 aromatic rings. The normalized spacial score (nSPS) is 11.2. The number of carbonyl (C=O) groups is 4. The summed E-state index contributed by atoms with van der Waals surface area (Å²) in [4.78, 5) is 44.1. The van der Waals surface area contributed by atoms with Crippen LogP contribution in [0.5, 0.6) is 0 Å². The molecular weight excluding hydrogens is 280 g/mol. The van der Waals surface area contributed by atoms with Gasteiger partial charge < -0.3 is 27.2 Å². The lowest BCUT2D eigenvalue weighted by molar-refractivity contribution is -0.140. The van der Waals surface area contributed by atoms with E-state index in [1.165, 1.54) is 24.3 Å². The maximum atomic E-state index is 11.8. The molecule has 9 nitrogen and oxygen atoms in total. The molecular formula is C12H14N4O5. The second-order valence-electron chi connectivity index (χ2n) is 4.10. The Morgan fingerprint density at radius 2 is 1.67 bits per heavy atom. The quantitative estimate of drug-likeness (QED) is 0.464. The molecule has 112 valence electrons. The lowest BCUT2D eigenvalue weighted by Gasteiger charge is -2.13. The van der Waals surface area contributed by atoms with E-state index in [4.69, 9.17) is 16.6 Å². The average Bonchev–Trinajstić information content (AvgIpc) is 2.37. The molecule has 0 aliphatic carbocycles. The van der Waals surface area contributed by atoms with Gasteiger partial charge in [0.1, 0.15) is 6.04 Å². The molecule has 21 heavy (non-hydrogen) atoms. The van der Waals surface area contributed by atoms with Gasteiger partial charge >= 0.3 is 12.0 Å². The fraction of sp³-hybridized carbons (Fsp3) is 0.167. The van der Waals surface area contributed by atoms with Crippen molar-refractivity contribution in [1.82, 2.24) is 5.32 Å². The second kappa shape index (κ2) is 6.89. The molecule has 0 saturated carbocycles. The monoisotopic (exact) mass is 294 g/mol. The Morgan fingerprint density at radius 3 is 2.10 bits per heavy atom. The van der Waals surface area contributed by atoms with Gasteiger partial charge in [0.15, 0.2) is 0 Å². The molecule has 0 aromatic heterocycles. The van der Waals surface area contributed by atoms with Crippen molar-refractivity contribution in [2.75, 3.05) is 5.32 Å². The fourth-order valence-electron chi connectivity index (χ4n) is 1.49. The summed E-state index contributed by atoms with van der Waals surface area (Å²) in [6.07, 6.45) is -0.512. The first-order valence-electron chi connectivity index (χ1n) is 5.78. The van der Waals surface area contributed by atoms with Crippen molar-refractivity contribution in [2.45, 2.75) is 12.5 Å². The molecule has 9 heteroatoms. The predicted octanol–water partition coefficient (Wildman–Crippen LogP) is -0.764. The number of amides is 4. The van der Waals surface area contributed by atoms with Gasteiger partial charge in [0.05, 0.1) is 6.42 Å². The highest BCUT2D eigenvalue weighted by Crippen LogP contribution is 2.09. The molecule has 0 bridgehead atoms. The number of nitrogens with one attached hydrogen (secondary N) is 2. The van der Waals surface area contributed by atoms with Crippen LogP contribution in [0.2, 0.25) is 0 Å². The van der Waals surface area contributed by atoms with E-state index >= 15 is 0 Å². The molecule has 1 atom stereocenters. The topological polar surface area (TPSA) is 165 Å². The number of carbonyl (C=O) groups excluding carboxylic acids is 3. The zero-order chi connectivity index (χ0) is 16.0. The summed E-state index contributed by atoms with van der Waals surface area (Å²) < 4.78 is 0. The first kappa shape index (κ1) is 16.0. The Morgan fingerprint density at radius 1 is 1.10 bits per heavy atom. The van der Waals surface area contributed by atoms with Gasteiger partial charge in [-0.05, 0) is 24.3 Å². The van der Waals surface area contributed by atoms with Gasteiger partial charge in [-0.3, -0.25) is 9.59 Å². The zero-order valence-electron chi connectivity index (χ0n) is 10.8. The number of anilines is 1. The van der Waals surface area contributed by atoms with Gasteiger partial charge in [-0.2, -0.15) is 0 Å². The minimum atomic E-state index is -1.40. The third-order valence-electron chi connectivity index (χ3n) is 2.42. The van der Waals surface area contributed by atoms with Crippen molar-refractivity contribution in [3.63, 3.8) is 0 Å². The van der Waals surface area contributed by atoms with E-state index < -0.39 is 36.3 Å². The van der Waals surface area contributed by atoms with Crippen molar-refractivity contribution in [2.24, 2.45) is 11.5 Å². The van der Waals surface area contributed by atoms with Crippen LogP contribution in [0.15, 0.2) is 24.3 Å². The molecule has 0 aliphatic heterocycles. The van der Waals surface area contributed by atoms with E-state index in [9.17, 15) is 19.2 Å². The van der Waals surface area contributed by atoms with Crippen LogP contribution in [-0.2, 0) is 9.59 Å². The summed E-state index contributed by atoms with van der Waals surface area (Å²) in [6, 6.07) is 3.42. The highest BCUT2D eigenvalue weighted by molar-refractivity contribution is 5.98. The number of hydrogen-bond acceptors (Lipinski definition) is 4. The van der Waals surface area contributed by atoms with E-state index in [1.54, 1.807) is 0 Å². The fourth-order valence-corrected chi connectivity index (χ4v) is 1.49. The maximum absolute atomic E-state index is 11.8. The average molecular weight is 294 g/mol. The van der Waals surface area contributed by atoms with Crippen molar-refractivity contribution < 1.29 is 24.3 Å². The van der Waals surface area contributed by atoms with Crippen molar-refractivity contribution in [1.29, 1.82) is 0 Å². The first-order valence-corrected chi connectivity index (χ1v) is 5.78. The van der Waals surface area contributed by atoms with E-state index in [0.29, 0.717) is 5.69 Å². The summed E-state index contributed by atoms with van der Waals surface area (Å²) in [5.74, 6) is -2.90. The number of urea groups is 1. The van der Waals surface area contributed by atoms with Gasteiger partial charge in [0, 0.05) is 11.3 Å². The lowest BCUT2D eigenvalue weighted by Crippen LogP contribution is -2.43. The van der Waals surface area contributed by atoms with Crippen molar-refractivity contribution in [3.8, 4) is 0 Å². The van der Waals surface area contributed by atoms with Gasteiger partial charge in [0.2, 0.25) is 5.91 Å². The number of rotatable bonds is 6. The van der Waals surface area contributed by atoms with Crippen LogP contribution in [0.25, 0.3) is 0 Å². The summed E-state index contributed by atoms with van der Waals surface area (Å²) in [6.45, 7) is 0. The van der Waals surface area contributed by atoms with Crippen LogP contribution >= 0.6 is 0 Å². The predicted molar refractivity (Wildman–Crippen MR) is 72.3 cm³/mol. The van der Waals surface area contributed by atoms with E-state index in [1.807, 2.05) is 0 Å². The molecule has 0 fully saturated rings. The van der Waals surface area contributed by atoms with Gasteiger partial charge in [-0.15, -0.1) is 0 Å². The van der Waals surface area contributed by atoms with Crippen LogP contribution in [0.4, 0.5) is 10.5 Å². The van der Waals surface area contributed by atoms with E-state index in [2.05, 4.69) is 10.6 Å². The number of aliphatic carboxylic acids is 1. The van der Waals surface area contributed by atoms with Crippen LogP contribution < -0.4 is 22.1 Å². The minimum absolute atomic E-state index is 0.153. The minimum Gasteiger partial charge on any atom is -0.480 e. The molecule has 1 aromatic carbocycles. The van der Waals surface area contributed by atoms with Crippen LogP contribution in [0.1, 0.15) is 16.8 Å². The van der Waals surface area contributed by atoms with Crippen LogP contribution in [0.3, 0.4) is 0 Å². The van der Waals surface area contributed by atoms with Gasteiger partial charge in [-0.25, -0.2) is 9.59 Å². The van der Waals surface area contributed by atoms with Gasteiger partial charge in [0.25, 0.3) is 5.91 Å². The summed E-state index contributed by atoms with van der Waals surface area (Å²) >= 11 is 0. The Kier molecular flexibility index (Phi) is 5.24. The molecule has 1 rings (SSSR count). The highest BCUT2D eigenvalue weighted by Gasteiger charge is 2.22. The number of primary amides is 2. The Labute approximate surface area is 119 Å². The number of carboxylic acid groups (broad SMARTS) is 1. The molecule has 0 spiro atoms. The zero-order valence-corrected chi connectivity index (χ0v) is 10.8. The molecule has 0 aliphatic rings. The Balaban J connectivity index is 2.76. The number of nitrogens with two attached hydrogens (primary N) is 2. The van der Waals surface area contributed by atoms with Gasteiger partial charge in [-0.1, -0.05) is 0 Å². The molecule has 4 amide bonds. The Hall–Kier alpha value is -3.10. The Bertz CT molecular complexity index is 570. The smallest absolute Gasteiger partial charge is 0.326 e. The van der Waals surface area contributed by atoms with Crippen molar-refractivity contribution in [3.05, 3.63) is 29.8 Å². The third kappa shape index (κ3) is 5.19. The maximum Gasteiger partial charge on any atom is 0.326 e. The van der Waals surface area contributed by atoms with Crippen molar-refractivity contribution >= 4 is 29.5 Å². The lowest BCUT2D eigenvalue weighted by atomic mass is 10.1. The standard InChI is InChI=1S/C12H14N4O5/c13-9(17)5-8(11(19)20)16-10(18)6-1-3-7(4-2-6)15-12(14)21/h1-4,8H,5H2,(H2,13,17)(H,16,18)(H,19,20)(H3,14,15,21)/t8-/m0/s1. The van der Waals surface area contributed by atoms with E-state index in [0.717, 1.165) is 0 Å².